The van der Waals surface area contributed by atoms with Gasteiger partial charge < -0.3 is 15.2 Å². The van der Waals surface area contributed by atoms with E-state index in [1.807, 2.05) is 12.1 Å². The normalized spacial score (nSPS) is 22.0. The van der Waals surface area contributed by atoms with Gasteiger partial charge in [-0.2, -0.15) is 0 Å². The summed E-state index contributed by atoms with van der Waals surface area (Å²) in [5, 5.41) is 13.7. The first-order valence-electron chi connectivity index (χ1n) is 6.75. The van der Waals surface area contributed by atoms with Crippen molar-refractivity contribution in [3.8, 4) is 5.75 Å². The summed E-state index contributed by atoms with van der Waals surface area (Å²) >= 11 is 5.97. The third-order valence-corrected chi connectivity index (χ3v) is 4.07. The maximum absolute atomic E-state index is 9.83. The number of halogens is 1. The number of aliphatic hydroxyl groups is 1. The predicted molar refractivity (Wildman–Crippen MR) is 77.7 cm³/mol. The fourth-order valence-electron chi connectivity index (χ4n) is 2.16. The summed E-state index contributed by atoms with van der Waals surface area (Å²) in [6, 6.07) is 7.29. The van der Waals surface area contributed by atoms with E-state index in [9.17, 15) is 5.11 Å². The van der Waals surface area contributed by atoms with Crippen LogP contribution in [0.4, 0.5) is 0 Å². The molecule has 1 fully saturated rings. The first kappa shape index (κ1) is 14.6. The number of nitrogens with one attached hydrogen (secondary N) is 1. The van der Waals surface area contributed by atoms with Gasteiger partial charge in [0, 0.05) is 6.54 Å². The highest BCUT2D eigenvalue weighted by molar-refractivity contribution is 6.32. The van der Waals surface area contributed by atoms with Crippen LogP contribution < -0.4 is 10.1 Å². The molecule has 0 aliphatic heterocycles. The Hall–Kier alpha value is -0.770. The molecule has 1 aromatic rings. The van der Waals surface area contributed by atoms with E-state index < -0.39 is 6.10 Å². The van der Waals surface area contributed by atoms with E-state index in [0.717, 1.165) is 12.5 Å². The summed E-state index contributed by atoms with van der Waals surface area (Å²) in [6.45, 7) is 6.32. The molecule has 4 heteroatoms. The van der Waals surface area contributed by atoms with Gasteiger partial charge in [0.1, 0.15) is 18.5 Å². The SMILES string of the molecule is CC1(C)CC1CNCC(O)COc1ccccc1Cl. The Labute approximate surface area is 119 Å². The number of hydrogen-bond acceptors (Lipinski definition) is 3. The van der Waals surface area contributed by atoms with Crippen molar-refractivity contribution in [1.82, 2.24) is 5.32 Å². The third-order valence-electron chi connectivity index (χ3n) is 3.76. The van der Waals surface area contributed by atoms with Crippen LogP contribution in [0.15, 0.2) is 24.3 Å². The Bertz CT molecular complexity index is 422. The molecule has 0 aromatic heterocycles. The molecule has 2 N–H and O–H groups in total. The Morgan fingerprint density at radius 1 is 1.47 bits per heavy atom. The molecule has 2 rings (SSSR count). The van der Waals surface area contributed by atoms with Gasteiger partial charge in [0.05, 0.1) is 5.02 Å². The monoisotopic (exact) mass is 283 g/mol. The predicted octanol–water partition coefficient (Wildman–Crippen LogP) is 2.72. The zero-order valence-corrected chi connectivity index (χ0v) is 12.3. The molecule has 1 saturated carbocycles. The van der Waals surface area contributed by atoms with Crippen LogP contribution in [-0.2, 0) is 0 Å². The molecule has 19 heavy (non-hydrogen) atoms. The summed E-state index contributed by atoms with van der Waals surface area (Å²) in [4.78, 5) is 0. The van der Waals surface area contributed by atoms with Crippen molar-refractivity contribution in [2.24, 2.45) is 11.3 Å². The van der Waals surface area contributed by atoms with E-state index in [0.29, 0.717) is 22.7 Å². The Kier molecular flexibility index (Phi) is 4.71. The Balaban J connectivity index is 1.62. The number of rotatable bonds is 7. The molecule has 0 bridgehead atoms. The van der Waals surface area contributed by atoms with Crippen LogP contribution >= 0.6 is 11.6 Å². The molecular weight excluding hydrogens is 262 g/mol. The van der Waals surface area contributed by atoms with Crippen molar-refractivity contribution >= 4 is 11.6 Å². The zero-order chi connectivity index (χ0) is 13.9. The second-order valence-electron chi connectivity index (χ2n) is 5.94. The molecule has 0 amide bonds. The molecule has 1 aliphatic rings. The van der Waals surface area contributed by atoms with Crippen LogP contribution in [0.3, 0.4) is 0 Å². The van der Waals surface area contributed by atoms with Gasteiger partial charge in [-0.3, -0.25) is 0 Å². The lowest BCUT2D eigenvalue weighted by Crippen LogP contribution is -2.33. The second kappa shape index (κ2) is 6.12. The smallest absolute Gasteiger partial charge is 0.138 e. The van der Waals surface area contributed by atoms with Crippen LogP contribution in [-0.4, -0.2) is 30.9 Å². The first-order chi connectivity index (χ1) is 8.99. The molecule has 0 saturated heterocycles. The minimum absolute atomic E-state index is 0.255. The molecule has 0 heterocycles. The van der Waals surface area contributed by atoms with Gasteiger partial charge in [-0.25, -0.2) is 0 Å². The van der Waals surface area contributed by atoms with Gasteiger partial charge in [0.15, 0.2) is 0 Å². The van der Waals surface area contributed by atoms with E-state index in [-0.39, 0.29) is 6.61 Å². The van der Waals surface area contributed by atoms with Crippen molar-refractivity contribution in [1.29, 1.82) is 0 Å². The molecule has 3 nitrogen and oxygen atoms in total. The summed E-state index contributed by atoms with van der Waals surface area (Å²) in [5.74, 6) is 1.36. The van der Waals surface area contributed by atoms with Crippen molar-refractivity contribution in [2.45, 2.75) is 26.4 Å². The van der Waals surface area contributed by atoms with E-state index in [2.05, 4.69) is 19.2 Å². The average molecular weight is 284 g/mol. The second-order valence-corrected chi connectivity index (χ2v) is 6.35. The van der Waals surface area contributed by atoms with E-state index in [1.54, 1.807) is 12.1 Å². The highest BCUT2D eigenvalue weighted by Gasteiger charge is 2.44. The fourth-order valence-corrected chi connectivity index (χ4v) is 2.35. The molecule has 2 unspecified atom stereocenters. The van der Waals surface area contributed by atoms with Crippen LogP contribution in [0, 0.1) is 11.3 Å². The van der Waals surface area contributed by atoms with E-state index in [1.165, 1.54) is 6.42 Å². The number of hydrogen-bond donors (Lipinski definition) is 2. The van der Waals surface area contributed by atoms with E-state index in [4.69, 9.17) is 16.3 Å². The number of para-hydroxylation sites is 1. The lowest BCUT2D eigenvalue weighted by molar-refractivity contribution is 0.106. The lowest BCUT2D eigenvalue weighted by atomic mass is 10.1. The van der Waals surface area contributed by atoms with Gasteiger partial charge in [0.25, 0.3) is 0 Å². The van der Waals surface area contributed by atoms with Crippen LogP contribution in [0.25, 0.3) is 0 Å². The van der Waals surface area contributed by atoms with Crippen molar-refractivity contribution < 1.29 is 9.84 Å². The van der Waals surface area contributed by atoms with Gasteiger partial charge in [-0.15, -0.1) is 0 Å². The quantitative estimate of drug-likeness (QED) is 0.808. The van der Waals surface area contributed by atoms with Crippen molar-refractivity contribution in [3.63, 3.8) is 0 Å². The standard InChI is InChI=1S/C15H22ClNO2/c1-15(2)7-11(15)8-17-9-12(18)10-19-14-6-4-3-5-13(14)16/h3-6,11-12,17-18H,7-10H2,1-2H3. The minimum Gasteiger partial charge on any atom is -0.489 e. The molecular formula is C15H22ClNO2. The topological polar surface area (TPSA) is 41.5 Å². The molecule has 106 valence electrons. The molecule has 0 spiro atoms. The lowest BCUT2D eigenvalue weighted by Gasteiger charge is -2.14. The number of aliphatic hydroxyl groups excluding tert-OH is 1. The van der Waals surface area contributed by atoms with Crippen LogP contribution in [0.5, 0.6) is 5.75 Å². The molecule has 2 atom stereocenters. The average Bonchev–Trinajstić information content (AvgIpc) is 2.96. The maximum Gasteiger partial charge on any atom is 0.138 e. The van der Waals surface area contributed by atoms with Gasteiger partial charge in [-0.05, 0) is 36.4 Å². The Morgan fingerprint density at radius 3 is 2.79 bits per heavy atom. The molecule has 1 aliphatic carbocycles. The zero-order valence-electron chi connectivity index (χ0n) is 11.5. The highest BCUT2D eigenvalue weighted by atomic mass is 35.5. The minimum atomic E-state index is -0.516. The third kappa shape index (κ3) is 4.37. The first-order valence-corrected chi connectivity index (χ1v) is 7.13. The highest BCUT2D eigenvalue weighted by Crippen LogP contribution is 2.50. The summed E-state index contributed by atoms with van der Waals surface area (Å²) < 4.78 is 5.49. The number of benzene rings is 1. The fraction of sp³-hybridized carbons (Fsp3) is 0.600. The number of ether oxygens (including phenoxy) is 1. The van der Waals surface area contributed by atoms with E-state index >= 15 is 0 Å². The van der Waals surface area contributed by atoms with Gasteiger partial charge in [0.2, 0.25) is 0 Å². The summed E-state index contributed by atoms with van der Waals surface area (Å²) in [7, 11) is 0. The molecule has 0 radical (unpaired) electrons. The van der Waals surface area contributed by atoms with Gasteiger partial charge in [-0.1, -0.05) is 37.6 Å². The largest absolute Gasteiger partial charge is 0.489 e. The van der Waals surface area contributed by atoms with Gasteiger partial charge >= 0.3 is 0 Å². The summed E-state index contributed by atoms with van der Waals surface area (Å²) in [5.41, 5.74) is 0.478. The van der Waals surface area contributed by atoms with Crippen molar-refractivity contribution in [3.05, 3.63) is 29.3 Å². The molecule has 1 aromatic carbocycles. The summed E-state index contributed by atoms with van der Waals surface area (Å²) in [6.07, 6.45) is 0.754. The van der Waals surface area contributed by atoms with Crippen LogP contribution in [0.1, 0.15) is 20.3 Å². The van der Waals surface area contributed by atoms with Crippen LogP contribution in [0.2, 0.25) is 5.02 Å². The maximum atomic E-state index is 9.83. The van der Waals surface area contributed by atoms with Crippen molar-refractivity contribution in [2.75, 3.05) is 19.7 Å². The Morgan fingerprint density at radius 2 is 2.16 bits per heavy atom.